The van der Waals surface area contributed by atoms with E-state index in [1.807, 2.05) is 12.1 Å². The molecule has 8 aliphatic carbocycles. The highest BCUT2D eigenvalue weighted by atomic mass is 16.4. The Kier molecular flexibility index (Phi) is 4.11. The normalized spacial score (nSPS) is 34.1. The van der Waals surface area contributed by atoms with Crippen molar-refractivity contribution in [3.05, 3.63) is 117 Å². The number of fused-ring (bicyclic) bond motifs is 6. The van der Waals surface area contributed by atoms with Crippen molar-refractivity contribution in [2.75, 3.05) is 0 Å². The summed E-state index contributed by atoms with van der Waals surface area (Å²) in [5, 5.41) is 26.9. The Hall–Kier alpha value is -3.20. The number of hydrogen-bond donors (Lipinski definition) is 2. The first-order chi connectivity index (χ1) is 20.1. The first-order valence-corrected chi connectivity index (χ1v) is 16.1. The lowest BCUT2D eigenvalue weighted by Gasteiger charge is -2.57. The van der Waals surface area contributed by atoms with Crippen molar-refractivity contribution in [1.82, 2.24) is 0 Å². The molecule has 0 unspecified atom stereocenters. The maximum absolute atomic E-state index is 13.4. The molecule has 2 fully saturated rings. The molecule has 4 aromatic rings. The zero-order valence-electron chi connectivity index (χ0n) is 25.0. The first-order valence-electron chi connectivity index (χ1n) is 16.1. The predicted molar refractivity (Wildman–Crippen MR) is 166 cm³/mol. The molecule has 4 aromatic carbocycles. The lowest BCUT2D eigenvalue weighted by atomic mass is 9.47. The van der Waals surface area contributed by atoms with E-state index in [1.54, 1.807) is 0 Å². The van der Waals surface area contributed by atoms with E-state index >= 15 is 0 Å². The van der Waals surface area contributed by atoms with E-state index in [1.165, 1.54) is 46.2 Å². The molecule has 210 valence electrons. The van der Waals surface area contributed by atoms with E-state index in [0.717, 1.165) is 46.2 Å². The maximum Gasteiger partial charge on any atom is 0.153 e. The Bertz CT molecular complexity index is 1770. The maximum atomic E-state index is 13.4. The highest BCUT2D eigenvalue weighted by Crippen LogP contribution is 2.69. The molecular formula is C40H38O2. The smallest absolute Gasteiger partial charge is 0.153 e. The third kappa shape index (κ3) is 2.35. The average Bonchev–Trinajstić information content (AvgIpc) is 3.44. The standard InChI is InChI=1S/C40H38O2/c1-37(2)21-17-27-23(33(37)19-21)13-15-31-35(27)25-9-5-7-11-29(25)39(31,41)40(42)30-12-8-6-10-26(30)36-28-18-22-20-34(38(22,3)4)24(28)14-16-32(36)40/h5-16,21-22,33-34,41-42H,17-20H2,1-4H3/t21-,22-,33-,34-,39-,40+/m0/s1. The third-order valence-corrected chi connectivity index (χ3v) is 13.8. The fourth-order valence-electron chi connectivity index (χ4n) is 11.0. The van der Waals surface area contributed by atoms with Crippen molar-refractivity contribution in [2.45, 2.75) is 76.4 Å². The Balaban J connectivity index is 1.26. The van der Waals surface area contributed by atoms with Crippen LogP contribution in [0.5, 0.6) is 0 Å². The van der Waals surface area contributed by atoms with Gasteiger partial charge in [0.15, 0.2) is 11.2 Å². The number of rotatable bonds is 1. The molecule has 0 saturated heterocycles. The van der Waals surface area contributed by atoms with E-state index in [9.17, 15) is 10.2 Å². The molecule has 12 rings (SSSR count). The molecule has 0 aromatic heterocycles. The Labute approximate surface area is 248 Å². The van der Waals surface area contributed by atoms with E-state index in [0.29, 0.717) is 34.5 Å². The SMILES string of the molecule is CC1(C)[C@H]2Cc3c(ccc4c3-c3ccccc3[C@]4(O)[C@]3(O)c4ccccc4-c4c3ccc3c4C[C@H]4C[C@@H]3C4(C)C)[C@@H]1C2. The lowest BCUT2D eigenvalue weighted by molar-refractivity contribution is -0.107. The molecular weight excluding hydrogens is 512 g/mol. The van der Waals surface area contributed by atoms with Gasteiger partial charge in [0.25, 0.3) is 0 Å². The number of benzene rings is 4. The van der Waals surface area contributed by atoms with Gasteiger partial charge in [0.05, 0.1) is 0 Å². The van der Waals surface area contributed by atoms with Crippen LogP contribution in [0.25, 0.3) is 22.3 Å². The van der Waals surface area contributed by atoms with Crippen LogP contribution in [0.15, 0.2) is 72.8 Å². The molecule has 2 heteroatoms. The molecule has 2 nitrogen and oxygen atoms in total. The van der Waals surface area contributed by atoms with Crippen molar-refractivity contribution in [2.24, 2.45) is 22.7 Å². The zero-order valence-corrected chi connectivity index (χ0v) is 25.0. The van der Waals surface area contributed by atoms with Crippen molar-refractivity contribution >= 4 is 0 Å². The van der Waals surface area contributed by atoms with E-state index < -0.39 is 11.2 Å². The van der Waals surface area contributed by atoms with Crippen LogP contribution in [-0.4, -0.2) is 10.2 Å². The van der Waals surface area contributed by atoms with Crippen LogP contribution < -0.4 is 0 Å². The molecule has 8 aliphatic rings. The van der Waals surface area contributed by atoms with Gasteiger partial charge < -0.3 is 10.2 Å². The molecule has 0 spiro atoms. The third-order valence-electron chi connectivity index (χ3n) is 13.8. The van der Waals surface area contributed by atoms with E-state index in [-0.39, 0.29) is 0 Å². The quantitative estimate of drug-likeness (QED) is 0.251. The second kappa shape index (κ2) is 7.12. The van der Waals surface area contributed by atoms with Gasteiger partial charge in [0, 0.05) is 0 Å². The molecule has 42 heavy (non-hydrogen) atoms. The summed E-state index contributed by atoms with van der Waals surface area (Å²) in [5.74, 6) is 2.47. The van der Waals surface area contributed by atoms with Crippen molar-refractivity contribution in [3.63, 3.8) is 0 Å². The second-order valence-electron chi connectivity index (χ2n) is 15.6. The van der Waals surface area contributed by atoms with Crippen LogP contribution in [0.2, 0.25) is 0 Å². The summed E-state index contributed by atoms with van der Waals surface area (Å²) in [7, 11) is 0. The summed E-state index contributed by atoms with van der Waals surface area (Å²) in [6, 6.07) is 25.6. The molecule has 0 heterocycles. The topological polar surface area (TPSA) is 40.5 Å². The molecule has 2 N–H and O–H groups in total. The van der Waals surface area contributed by atoms with Crippen molar-refractivity contribution in [3.8, 4) is 22.3 Å². The molecule has 0 amide bonds. The summed E-state index contributed by atoms with van der Waals surface area (Å²) in [4.78, 5) is 0. The van der Waals surface area contributed by atoms with Gasteiger partial charge in [-0.1, -0.05) is 100 Å². The zero-order chi connectivity index (χ0) is 28.6. The lowest BCUT2D eigenvalue weighted by Crippen LogP contribution is -2.50. The Morgan fingerprint density at radius 2 is 0.929 bits per heavy atom. The number of aliphatic hydroxyl groups is 2. The van der Waals surface area contributed by atoms with E-state index in [4.69, 9.17) is 0 Å². The predicted octanol–water partition coefficient (Wildman–Crippen LogP) is 8.19. The largest absolute Gasteiger partial charge is 0.377 e. The van der Waals surface area contributed by atoms with Crippen LogP contribution in [0.3, 0.4) is 0 Å². The van der Waals surface area contributed by atoms with Crippen LogP contribution in [0.1, 0.15) is 96.9 Å². The fraction of sp³-hybridized carbons (Fsp3) is 0.400. The van der Waals surface area contributed by atoms with Crippen LogP contribution in [0, 0.1) is 22.7 Å². The minimum absolute atomic E-state index is 0.325. The van der Waals surface area contributed by atoms with Gasteiger partial charge >= 0.3 is 0 Å². The van der Waals surface area contributed by atoms with Gasteiger partial charge in [-0.15, -0.1) is 0 Å². The molecule has 2 saturated carbocycles. The van der Waals surface area contributed by atoms with Crippen LogP contribution in [0.4, 0.5) is 0 Å². The van der Waals surface area contributed by atoms with Gasteiger partial charge in [-0.05, 0) is 127 Å². The molecule has 6 atom stereocenters. The van der Waals surface area contributed by atoms with Gasteiger partial charge in [-0.2, -0.15) is 0 Å². The molecule has 0 aliphatic heterocycles. The summed E-state index contributed by atoms with van der Waals surface area (Å²) in [5.41, 5.74) is 11.1. The minimum atomic E-state index is -1.60. The van der Waals surface area contributed by atoms with Crippen molar-refractivity contribution in [1.29, 1.82) is 0 Å². The summed E-state index contributed by atoms with van der Waals surface area (Å²) in [6.45, 7) is 9.70. The van der Waals surface area contributed by atoms with Crippen molar-refractivity contribution < 1.29 is 10.2 Å². The summed E-state index contributed by atoms with van der Waals surface area (Å²) >= 11 is 0. The minimum Gasteiger partial charge on any atom is -0.377 e. The Morgan fingerprint density at radius 3 is 1.33 bits per heavy atom. The fourth-order valence-corrected chi connectivity index (χ4v) is 11.0. The second-order valence-corrected chi connectivity index (χ2v) is 15.6. The molecule has 0 radical (unpaired) electrons. The molecule has 4 bridgehead atoms. The van der Waals surface area contributed by atoms with Gasteiger partial charge in [0.2, 0.25) is 0 Å². The van der Waals surface area contributed by atoms with Gasteiger partial charge in [-0.25, -0.2) is 0 Å². The first kappa shape index (κ1) is 24.3. The monoisotopic (exact) mass is 550 g/mol. The average molecular weight is 551 g/mol. The Morgan fingerprint density at radius 1 is 0.524 bits per heavy atom. The number of hydrogen-bond acceptors (Lipinski definition) is 2. The highest BCUT2D eigenvalue weighted by Gasteiger charge is 2.64. The van der Waals surface area contributed by atoms with Gasteiger partial charge in [0.1, 0.15) is 0 Å². The van der Waals surface area contributed by atoms with Crippen LogP contribution in [-0.2, 0) is 24.0 Å². The highest BCUT2D eigenvalue weighted by molar-refractivity contribution is 5.90. The summed E-state index contributed by atoms with van der Waals surface area (Å²) in [6.07, 6.45) is 4.62. The van der Waals surface area contributed by atoms with Gasteiger partial charge in [-0.3, -0.25) is 0 Å². The van der Waals surface area contributed by atoms with Crippen LogP contribution >= 0.6 is 0 Å². The van der Waals surface area contributed by atoms with E-state index in [2.05, 4.69) is 88.4 Å². The summed E-state index contributed by atoms with van der Waals surface area (Å²) < 4.78 is 0.